The SMILES string of the molecule is CCOc1ccccc1C(CN1CCNCC1)Oc1cc(C)c(O)cc1C(C)C. The second-order valence-electron chi connectivity index (χ2n) is 7.96. The number of rotatable bonds is 8. The van der Waals surface area contributed by atoms with Crippen LogP contribution in [-0.2, 0) is 0 Å². The molecule has 1 fully saturated rings. The molecule has 3 rings (SSSR count). The zero-order valence-corrected chi connectivity index (χ0v) is 18.1. The molecule has 2 aromatic rings. The van der Waals surface area contributed by atoms with Gasteiger partial charge in [-0.1, -0.05) is 32.0 Å². The van der Waals surface area contributed by atoms with Crippen LogP contribution in [0.15, 0.2) is 36.4 Å². The van der Waals surface area contributed by atoms with Crippen LogP contribution in [0.5, 0.6) is 17.2 Å². The largest absolute Gasteiger partial charge is 0.508 e. The molecule has 0 spiro atoms. The van der Waals surface area contributed by atoms with E-state index in [9.17, 15) is 5.11 Å². The van der Waals surface area contributed by atoms with Crippen molar-refractivity contribution in [3.8, 4) is 17.2 Å². The molecule has 0 saturated carbocycles. The lowest BCUT2D eigenvalue weighted by atomic mass is 9.99. The molecule has 5 nitrogen and oxygen atoms in total. The Balaban J connectivity index is 1.97. The normalized spacial score (nSPS) is 16.0. The highest BCUT2D eigenvalue weighted by atomic mass is 16.5. The number of phenolic OH excluding ortho intramolecular Hbond substituents is 1. The lowest BCUT2D eigenvalue weighted by molar-refractivity contribution is 0.120. The molecule has 1 saturated heterocycles. The van der Waals surface area contributed by atoms with Crippen molar-refractivity contribution in [3.05, 3.63) is 53.1 Å². The number of nitrogens with zero attached hydrogens (tertiary/aromatic N) is 1. The van der Waals surface area contributed by atoms with Crippen LogP contribution in [0, 0.1) is 6.92 Å². The fraction of sp³-hybridized carbons (Fsp3) is 0.500. The van der Waals surface area contributed by atoms with Gasteiger partial charge in [-0.05, 0) is 43.5 Å². The van der Waals surface area contributed by atoms with Crippen LogP contribution in [0.2, 0.25) is 0 Å². The van der Waals surface area contributed by atoms with Crippen LogP contribution in [0.1, 0.15) is 49.5 Å². The lowest BCUT2D eigenvalue weighted by Gasteiger charge is -2.32. The number of ether oxygens (including phenoxy) is 2. The summed E-state index contributed by atoms with van der Waals surface area (Å²) in [4.78, 5) is 2.44. The molecular formula is C24H34N2O3. The highest BCUT2D eigenvalue weighted by Crippen LogP contribution is 2.37. The molecule has 1 atom stereocenters. The minimum atomic E-state index is -0.155. The van der Waals surface area contributed by atoms with E-state index in [1.54, 1.807) is 0 Å². The number of phenols is 1. The van der Waals surface area contributed by atoms with Gasteiger partial charge in [0, 0.05) is 43.9 Å². The van der Waals surface area contributed by atoms with Gasteiger partial charge >= 0.3 is 0 Å². The molecule has 0 aromatic heterocycles. The maximum absolute atomic E-state index is 10.2. The van der Waals surface area contributed by atoms with Crippen LogP contribution in [0.4, 0.5) is 0 Å². The number of para-hydroxylation sites is 1. The third-order valence-corrected chi connectivity index (χ3v) is 5.42. The number of piperazine rings is 1. The van der Waals surface area contributed by atoms with Gasteiger partial charge in [-0.15, -0.1) is 0 Å². The van der Waals surface area contributed by atoms with Crippen molar-refractivity contribution < 1.29 is 14.6 Å². The van der Waals surface area contributed by atoms with Crippen LogP contribution in [-0.4, -0.2) is 49.3 Å². The van der Waals surface area contributed by atoms with E-state index >= 15 is 0 Å². The number of aromatic hydroxyl groups is 1. The van der Waals surface area contributed by atoms with Gasteiger partial charge in [0.05, 0.1) is 6.61 Å². The molecular weight excluding hydrogens is 364 g/mol. The first-order valence-electron chi connectivity index (χ1n) is 10.6. The Morgan fingerprint density at radius 1 is 1.07 bits per heavy atom. The van der Waals surface area contributed by atoms with Crippen molar-refractivity contribution in [1.82, 2.24) is 10.2 Å². The molecule has 5 heteroatoms. The highest BCUT2D eigenvalue weighted by molar-refractivity contribution is 5.47. The molecule has 1 unspecified atom stereocenters. The Morgan fingerprint density at radius 2 is 1.79 bits per heavy atom. The average molecular weight is 399 g/mol. The Morgan fingerprint density at radius 3 is 2.48 bits per heavy atom. The molecule has 1 aliphatic rings. The zero-order chi connectivity index (χ0) is 20.8. The number of nitrogens with one attached hydrogen (secondary N) is 1. The van der Waals surface area contributed by atoms with Crippen LogP contribution < -0.4 is 14.8 Å². The van der Waals surface area contributed by atoms with E-state index in [4.69, 9.17) is 9.47 Å². The van der Waals surface area contributed by atoms with Crippen molar-refractivity contribution in [3.63, 3.8) is 0 Å². The smallest absolute Gasteiger partial charge is 0.140 e. The molecule has 1 heterocycles. The summed E-state index contributed by atoms with van der Waals surface area (Å²) >= 11 is 0. The van der Waals surface area contributed by atoms with Gasteiger partial charge in [0.15, 0.2) is 0 Å². The molecule has 158 valence electrons. The summed E-state index contributed by atoms with van der Waals surface area (Å²) in [7, 11) is 0. The summed E-state index contributed by atoms with van der Waals surface area (Å²) in [6.45, 7) is 13.6. The number of aryl methyl sites for hydroxylation is 1. The van der Waals surface area contributed by atoms with Crippen LogP contribution in [0.25, 0.3) is 0 Å². The van der Waals surface area contributed by atoms with E-state index in [1.807, 2.05) is 44.2 Å². The monoisotopic (exact) mass is 398 g/mol. The maximum atomic E-state index is 10.2. The fourth-order valence-corrected chi connectivity index (χ4v) is 3.75. The van der Waals surface area contributed by atoms with Gasteiger partial charge in [0.2, 0.25) is 0 Å². The quantitative estimate of drug-likeness (QED) is 0.696. The first-order chi connectivity index (χ1) is 14.0. The van der Waals surface area contributed by atoms with Crippen LogP contribution in [0.3, 0.4) is 0 Å². The fourth-order valence-electron chi connectivity index (χ4n) is 3.75. The van der Waals surface area contributed by atoms with Gasteiger partial charge in [-0.2, -0.15) is 0 Å². The van der Waals surface area contributed by atoms with Crippen molar-refractivity contribution >= 4 is 0 Å². The lowest BCUT2D eigenvalue weighted by Crippen LogP contribution is -2.45. The summed E-state index contributed by atoms with van der Waals surface area (Å²) in [5, 5.41) is 13.6. The van der Waals surface area contributed by atoms with E-state index in [2.05, 4.69) is 30.1 Å². The van der Waals surface area contributed by atoms with E-state index in [1.165, 1.54) is 0 Å². The predicted molar refractivity (Wildman–Crippen MR) is 117 cm³/mol. The first-order valence-corrected chi connectivity index (χ1v) is 10.6. The topological polar surface area (TPSA) is 54.0 Å². The number of hydrogen-bond donors (Lipinski definition) is 2. The Bertz CT molecular complexity index is 801. The van der Waals surface area contributed by atoms with E-state index in [-0.39, 0.29) is 12.0 Å². The van der Waals surface area contributed by atoms with E-state index < -0.39 is 0 Å². The molecule has 0 radical (unpaired) electrons. The third kappa shape index (κ3) is 5.43. The summed E-state index contributed by atoms with van der Waals surface area (Å²) < 4.78 is 12.6. The second-order valence-corrected chi connectivity index (χ2v) is 7.96. The Kier molecular flexibility index (Phi) is 7.40. The molecule has 0 bridgehead atoms. The Hall–Kier alpha value is -2.24. The molecule has 2 N–H and O–H groups in total. The zero-order valence-electron chi connectivity index (χ0n) is 18.1. The molecule has 2 aromatic carbocycles. The van der Waals surface area contributed by atoms with Crippen molar-refractivity contribution in [1.29, 1.82) is 0 Å². The number of hydrogen-bond acceptors (Lipinski definition) is 5. The summed E-state index contributed by atoms with van der Waals surface area (Å²) in [6.07, 6.45) is -0.155. The third-order valence-electron chi connectivity index (χ3n) is 5.42. The van der Waals surface area contributed by atoms with Gasteiger partial charge in [-0.3, -0.25) is 4.90 Å². The van der Waals surface area contributed by atoms with Gasteiger partial charge in [0.1, 0.15) is 23.4 Å². The van der Waals surface area contributed by atoms with Crippen LogP contribution >= 0.6 is 0 Å². The van der Waals surface area contributed by atoms with Gasteiger partial charge < -0.3 is 19.9 Å². The first kappa shape index (κ1) is 21.5. The van der Waals surface area contributed by atoms with Gasteiger partial charge in [0.25, 0.3) is 0 Å². The molecule has 0 aliphatic carbocycles. The van der Waals surface area contributed by atoms with E-state index in [0.29, 0.717) is 12.4 Å². The van der Waals surface area contributed by atoms with Crippen molar-refractivity contribution in [2.24, 2.45) is 0 Å². The minimum Gasteiger partial charge on any atom is -0.508 e. The summed E-state index contributed by atoms with van der Waals surface area (Å²) in [5.41, 5.74) is 2.91. The summed E-state index contributed by atoms with van der Waals surface area (Å²) in [6, 6.07) is 11.9. The highest BCUT2D eigenvalue weighted by Gasteiger charge is 2.24. The standard InChI is InChI=1S/C24H34N2O3/c1-5-28-22-9-7-6-8-19(22)24(16-26-12-10-25-11-13-26)29-23-14-18(4)21(27)15-20(23)17(2)3/h6-9,14-15,17,24-25,27H,5,10-13,16H2,1-4H3. The Labute approximate surface area is 174 Å². The molecule has 29 heavy (non-hydrogen) atoms. The van der Waals surface area contributed by atoms with Crippen molar-refractivity contribution in [2.75, 3.05) is 39.3 Å². The minimum absolute atomic E-state index is 0.155. The maximum Gasteiger partial charge on any atom is 0.140 e. The molecule has 1 aliphatic heterocycles. The second kappa shape index (κ2) is 9.99. The summed E-state index contributed by atoms with van der Waals surface area (Å²) in [5.74, 6) is 2.27. The average Bonchev–Trinajstić information content (AvgIpc) is 2.71. The number of benzene rings is 2. The van der Waals surface area contributed by atoms with Gasteiger partial charge in [-0.25, -0.2) is 0 Å². The van der Waals surface area contributed by atoms with Crippen molar-refractivity contribution in [2.45, 2.75) is 39.7 Å². The molecule has 0 amide bonds. The predicted octanol–water partition coefficient (Wildman–Crippen LogP) is 4.25. The van der Waals surface area contributed by atoms with E-state index in [0.717, 1.165) is 60.9 Å².